The van der Waals surface area contributed by atoms with Crippen molar-refractivity contribution >= 4 is 5.97 Å². The number of esters is 1. The topological polar surface area (TPSA) is 48.0 Å². The highest BCUT2D eigenvalue weighted by Crippen LogP contribution is 2.39. The number of hydrogen-bond acceptors (Lipinski definition) is 5. The van der Waals surface area contributed by atoms with Crippen molar-refractivity contribution < 1.29 is 19.0 Å². The highest BCUT2D eigenvalue weighted by atomic mass is 16.7. The van der Waals surface area contributed by atoms with Gasteiger partial charge in [0.1, 0.15) is 0 Å². The van der Waals surface area contributed by atoms with E-state index in [0.29, 0.717) is 13.2 Å². The first kappa shape index (κ1) is 15.3. The molecule has 21 heavy (non-hydrogen) atoms. The van der Waals surface area contributed by atoms with Crippen LogP contribution in [0.5, 0.6) is 0 Å². The summed E-state index contributed by atoms with van der Waals surface area (Å²) >= 11 is 0. The normalized spacial score (nSPS) is 32.6. The lowest BCUT2D eigenvalue weighted by Crippen LogP contribution is -2.43. The molecule has 1 saturated carbocycles. The third-order valence-electron chi connectivity index (χ3n) is 4.87. The molecule has 0 N–H and O–H groups in total. The number of carbonyl (C=O) groups excluding carboxylic acids is 1. The van der Waals surface area contributed by atoms with Crippen LogP contribution < -0.4 is 0 Å². The smallest absolute Gasteiger partial charge is 0.310 e. The molecule has 2 unspecified atom stereocenters. The van der Waals surface area contributed by atoms with Gasteiger partial charge in [0, 0.05) is 25.9 Å². The van der Waals surface area contributed by atoms with Crippen molar-refractivity contribution in [2.75, 3.05) is 32.8 Å². The highest BCUT2D eigenvalue weighted by Gasteiger charge is 2.44. The first-order chi connectivity index (χ1) is 10.2. The van der Waals surface area contributed by atoms with Gasteiger partial charge in [0.05, 0.1) is 25.2 Å². The molecule has 5 nitrogen and oxygen atoms in total. The molecule has 2 atom stereocenters. The summed E-state index contributed by atoms with van der Waals surface area (Å²) in [6.45, 7) is 5.74. The van der Waals surface area contributed by atoms with Crippen LogP contribution in [-0.4, -0.2) is 55.6 Å². The van der Waals surface area contributed by atoms with Gasteiger partial charge in [-0.3, -0.25) is 9.69 Å². The molecule has 2 heterocycles. The number of hydrogen-bond donors (Lipinski definition) is 0. The van der Waals surface area contributed by atoms with Crippen molar-refractivity contribution in [2.45, 2.75) is 57.3 Å². The van der Waals surface area contributed by atoms with Crippen LogP contribution in [0.15, 0.2) is 0 Å². The molecule has 3 rings (SSSR count). The molecule has 2 aliphatic heterocycles. The van der Waals surface area contributed by atoms with Crippen molar-refractivity contribution in [3.63, 3.8) is 0 Å². The third kappa shape index (κ3) is 3.58. The van der Waals surface area contributed by atoms with E-state index < -0.39 is 0 Å². The predicted octanol–water partition coefficient (Wildman–Crippen LogP) is 1.95. The minimum absolute atomic E-state index is 0.0291. The van der Waals surface area contributed by atoms with Gasteiger partial charge in [-0.05, 0) is 39.2 Å². The van der Waals surface area contributed by atoms with Crippen LogP contribution in [0.2, 0.25) is 0 Å². The first-order valence-corrected chi connectivity index (χ1v) is 8.41. The number of rotatable bonds is 4. The zero-order chi connectivity index (χ0) is 14.7. The van der Waals surface area contributed by atoms with Crippen molar-refractivity contribution in [3.05, 3.63) is 0 Å². The zero-order valence-electron chi connectivity index (χ0n) is 13.0. The summed E-state index contributed by atoms with van der Waals surface area (Å²) in [5, 5.41) is 0. The molecule has 5 heteroatoms. The maximum absolute atomic E-state index is 11.9. The average molecular weight is 297 g/mol. The standard InChI is InChI=1S/C16H27NO4/c1-2-19-15(18)13-6-5-9-17(10-13)11-14-12-20-16(21-14)7-3-4-8-16/h13-14H,2-12H2,1H3. The lowest BCUT2D eigenvalue weighted by Gasteiger charge is -2.33. The van der Waals surface area contributed by atoms with Crippen LogP contribution in [0.3, 0.4) is 0 Å². The molecule has 1 spiro atoms. The van der Waals surface area contributed by atoms with E-state index in [1.807, 2.05) is 6.92 Å². The van der Waals surface area contributed by atoms with Gasteiger partial charge in [0.15, 0.2) is 5.79 Å². The predicted molar refractivity (Wildman–Crippen MR) is 77.8 cm³/mol. The monoisotopic (exact) mass is 297 g/mol. The Morgan fingerprint density at radius 2 is 2.14 bits per heavy atom. The van der Waals surface area contributed by atoms with E-state index >= 15 is 0 Å². The summed E-state index contributed by atoms with van der Waals surface area (Å²) in [5.41, 5.74) is 0. The van der Waals surface area contributed by atoms with Gasteiger partial charge in [0.25, 0.3) is 0 Å². The van der Waals surface area contributed by atoms with E-state index in [0.717, 1.165) is 45.3 Å². The summed E-state index contributed by atoms with van der Waals surface area (Å²) in [4.78, 5) is 14.2. The van der Waals surface area contributed by atoms with Gasteiger partial charge in [-0.15, -0.1) is 0 Å². The molecule has 0 radical (unpaired) electrons. The lowest BCUT2D eigenvalue weighted by molar-refractivity contribution is -0.164. The summed E-state index contributed by atoms with van der Waals surface area (Å²) in [6, 6.07) is 0. The van der Waals surface area contributed by atoms with Crippen molar-refractivity contribution in [3.8, 4) is 0 Å². The highest BCUT2D eigenvalue weighted by molar-refractivity contribution is 5.72. The molecule has 1 aliphatic carbocycles. The van der Waals surface area contributed by atoms with Crippen LogP contribution >= 0.6 is 0 Å². The SMILES string of the molecule is CCOC(=O)C1CCCN(CC2COC3(CCCC3)O2)C1. The number of ether oxygens (including phenoxy) is 3. The van der Waals surface area contributed by atoms with Crippen LogP contribution in [0.4, 0.5) is 0 Å². The lowest BCUT2D eigenvalue weighted by atomic mass is 9.98. The van der Waals surface area contributed by atoms with Crippen LogP contribution in [0.25, 0.3) is 0 Å². The number of carbonyl (C=O) groups is 1. The Morgan fingerprint density at radius 3 is 2.90 bits per heavy atom. The van der Waals surface area contributed by atoms with Crippen molar-refractivity contribution in [1.82, 2.24) is 4.90 Å². The van der Waals surface area contributed by atoms with Gasteiger partial charge in [0.2, 0.25) is 0 Å². The third-order valence-corrected chi connectivity index (χ3v) is 4.87. The second-order valence-electron chi connectivity index (χ2n) is 6.52. The summed E-state index contributed by atoms with van der Waals surface area (Å²) in [5.74, 6) is -0.291. The Balaban J connectivity index is 1.48. The summed E-state index contributed by atoms with van der Waals surface area (Å²) < 4.78 is 17.3. The fourth-order valence-corrected chi connectivity index (χ4v) is 3.84. The Hall–Kier alpha value is -0.650. The molecule has 120 valence electrons. The molecule has 0 bridgehead atoms. The van der Waals surface area contributed by atoms with Crippen LogP contribution in [0.1, 0.15) is 45.4 Å². The van der Waals surface area contributed by atoms with E-state index in [4.69, 9.17) is 14.2 Å². The van der Waals surface area contributed by atoms with Crippen LogP contribution in [-0.2, 0) is 19.0 Å². The van der Waals surface area contributed by atoms with E-state index in [9.17, 15) is 4.79 Å². The number of piperidine rings is 1. The molecule has 3 fully saturated rings. The fraction of sp³-hybridized carbons (Fsp3) is 0.938. The zero-order valence-corrected chi connectivity index (χ0v) is 13.0. The van der Waals surface area contributed by atoms with E-state index in [1.54, 1.807) is 0 Å². The summed E-state index contributed by atoms with van der Waals surface area (Å²) in [6.07, 6.45) is 6.65. The molecule has 0 aromatic rings. The van der Waals surface area contributed by atoms with Gasteiger partial charge in [-0.25, -0.2) is 0 Å². The molecular formula is C16H27NO4. The van der Waals surface area contributed by atoms with Gasteiger partial charge in [-0.1, -0.05) is 0 Å². The minimum atomic E-state index is -0.277. The Kier molecular flexibility index (Phi) is 4.82. The first-order valence-electron chi connectivity index (χ1n) is 8.41. The van der Waals surface area contributed by atoms with Crippen molar-refractivity contribution in [2.24, 2.45) is 5.92 Å². The second-order valence-corrected chi connectivity index (χ2v) is 6.52. The molecule has 0 aromatic carbocycles. The number of nitrogens with zero attached hydrogens (tertiary/aromatic N) is 1. The molecular weight excluding hydrogens is 270 g/mol. The Morgan fingerprint density at radius 1 is 1.33 bits per heavy atom. The van der Waals surface area contributed by atoms with Crippen LogP contribution in [0, 0.1) is 5.92 Å². The Bertz CT molecular complexity index is 367. The minimum Gasteiger partial charge on any atom is -0.466 e. The van der Waals surface area contributed by atoms with Crippen molar-refractivity contribution in [1.29, 1.82) is 0 Å². The maximum Gasteiger partial charge on any atom is 0.310 e. The van der Waals surface area contributed by atoms with E-state index in [2.05, 4.69) is 4.90 Å². The molecule has 0 amide bonds. The Labute approximate surface area is 126 Å². The molecule has 3 aliphatic rings. The largest absolute Gasteiger partial charge is 0.466 e. The fourth-order valence-electron chi connectivity index (χ4n) is 3.84. The average Bonchev–Trinajstić information content (AvgIpc) is 3.10. The second kappa shape index (κ2) is 6.63. The van der Waals surface area contributed by atoms with E-state index in [1.165, 1.54) is 12.8 Å². The van der Waals surface area contributed by atoms with Gasteiger partial charge >= 0.3 is 5.97 Å². The maximum atomic E-state index is 11.9. The molecule has 0 aromatic heterocycles. The van der Waals surface area contributed by atoms with E-state index in [-0.39, 0.29) is 23.8 Å². The quantitative estimate of drug-likeness (QED) is 0.742. The summed E-state index contributed by atoms with van der Waals surface area (Å²) in [7, 11) is 0. The number of likely N-dealkylation sites (tertiary alicyclic amines) is 1. The van der Waals surface area contributed by atoms with Gasteiger partial charge in [-0.2, -0.15) is 0 Å². The van der Waals surface area contributed by atoms with Gasteiger partial charge < -0.3 is 14.2 Å². The molecule has 2 saturated heterocycles.